The number of aromatic amines is 1. The van der Waals surface area contributed by atoms with Gasteiger partial charge in [-0.05, 0) is 36.4 Å². The number of amides is 2. The molecule has 0 unspecified atom stereocenters. The number of hydrogen-bond donors (Lipinski definition) is 3. The third-order valence-corrected chi connectivity index (χ3v) is 3.56. The van der Waals surface area contributed by atoms with Gasteiger partial charge in [0.25, 0.3) is 5.91 Å². The van der Waals surface area contributed by atoms with Crippen molar-refractivity contribution in [2.45, 2.75) is 6.92 Å². The summed E-state index contributed by atoms with van der Waals surface area (Å²) in [6.07, 6.45) is 1.70. The molecule has 0 atom stereocenters. The number of carbonyl (C=O) groups excluding carboxylic acids is 2. The maximum Gasteiger partial charge on any atom is 0.257 e. The van der Waals surface area contributed by atoms with Gasteiger partial charge in [0, 0.05) is 23.7 Å². The van der Waals surface area contributed by atoms with Gasteiger partial charge in [-0.1, -0.05) is 11.6 Å². The van der Waals surface area contributed by atoms with E-state index in [2.05, 4.69) is 20.8 Å². The van der Waals surface area contributed by atoms with E-state index >= 15 is 0 Å². The molecule has 7 heteroatoms. The summed E-state index contributed by atoms with van der Waals surface area (Å²) >= 11 is 6.08. The number of aromatic nitrogens is 2. The Balaban J connectivity index is 1.85. The average molecular weight is 329 g/mol. The Morgan fingerprint density at radius 1 is 1.09 bits per heavy atom. The molecule has 2 aromatic carbocycles. The molecule has 0 aliphatic carbocycles. The zero-order valence-corrected chi connectivity index (χ0v) is 12.9. The second kappa shape index (κ2) is 6.10. The predicted octanol–water partition coefficient (Wildman–Crippen LogP) is 3.43. The van der Waals surface area contributed by atoms with E-state index in [0.717, 1.165) is 10.9 Å². The fourth-order valence-electron chi connectivity index (χ4n) is 2.19. The van der Waals surface area contributed by atoms with Gasteiger partial charge in [0.2, 0.25) is 5.91 Å². The van der Waals surface area contributed by atoms with Crippen molar-refractivity contribution >= 4 is 45.7 Å². The van der Waals surface area contributed by atoms with Crippen molar-refractivity contribution < 1.29 is 9.59 Å². The van der Waals surface area contributed by atoms with Crippen molar-refractivity contribution in [1.29, 1.82) is 0 Å². The topological polar surface area (TPSA) is 86.9 Å². The Morgan fingerprint density at radius 3 is 2.61 bits per heavy atom. The van der Waals surface area contributed by atoms with Crippen LogP contribution in [0, 0.1) is 0 Å². The maximum atomic E-state index is 12.4. The van der Waals surface area contributed by atoms with Crippen molar-refractivity contribution in [3.05, 3.63) is 53.2 Å². The molecule has 0 aliphatic rings. The van der Waals surface area contributed by atoms with Crippen molar-refractivity contribution in [3.8, 4) is 0 Å². The molecule has 0 saturated heterocycles. The Morgan fingerprint density at radius 2 is 1.83 bits per heavy atom. The zero-order valence-electron chi connectivity index (χ0n) is 12.2. The first-order valence-corrected chi connectivity index (χ1v) is 7.22. The monoisotopic (exact) mass is 328 g/mol. The molecule has 0 bridgehead atoms. The summed E-state index contributed by atoms with van der Waals surface area (Å²) in [6, 6.07) is 10.2. The van der Waals surface area contributed by atoms with Gasteiger partial charge in [0.05, 0.1) is 22.3 Å². The molecule has 116 valence electrons. The van der Waals surface area contributed by atoms with Gasteiger partial charge in [0.1, 0.15) is 0 Å². The summed E-state index contributed by atoms with van der Waals surface area (Å²) in [7, 11) is 0. The maximum absolute atomic E-state index is 12.4. The SMILES string of the molecule is CC(=O)Nc1ccc(Cl)c(C(=O)Nc2ccc3cn[nH]c3c2)c1. The molecule has 23 heavy (non-hydrogen) atoms. The summed E-state index contributed by atoms with van der Waals surface area (Å²) in [5.41, 5.74) is 2.23. The van der Waals surface area contributed by atoms with E-state index in [9.17, 15) is 9.59 Å². The number of benzene rings is 2. The van der Waals surface area contributed by atoms with Crippen LogP contribution in [-0.4, -0.2) is 22.0 Å². The first-order valence-electron chi connectivity index (χ1n) is 6.84. The van der Waals surface area contributed by atoms with Crippen LogP contribution in [0.25, 0.3) is 10.9 Å². The summed E-state index contributed by atoms with van der Waals surface area (Å²) in [6.45, 7) is 1.40. The van der Waals surface area contributed by atoms with Crippen LogP contribution in [0.2, 0.25) is 5.02 Å². The van der Waals surface area contributed by atoms with Crippen LogP contribution in [0.5, 0.6) is 0 Å². The molecular formula is C16H13ClN4O2. The molecule has 6 nitrogen and oxygen atoms in total. The van der Waals surface area contributed by atoms with E-state index in [0.29, 0.717) is 16.4 Å². The Labute approximate surface area is 136 Å². The van der Waals surface area contributed by atoms with E-state index in [-0.39, 0.29) is 17.4 Å². The van der Waals surface area contributed by atoms with Gasteiger partial charge in [-0.3, -0.25) is 14.7 Å². The number of H-pyrrole nitrogens is 1. The number of rotatable bonds is 3. The number of halogens is 1. The van der Waals surface area contributed by atoms with Crippen LogP contribution in [0.1, 0.15) is 17.3 Å². The molecule has 0 spiro atoms. The second-order valence-corrected chi connectivity index (χ2v) is 5.41. The third kappa shape index (κ3) is 3.32. The largest absolute Gasteiger partial charge is 0.326 e. The first kappa shape index (κ1) is 15.1. The lowest BCUT2D eigenvalue weighted by atomic mass is 10.1. The van der Waals surface area contributed by atoms with Gasteiger partial charge < -0.3 is 10.6 Å². The minimum absolute atomic E-state index is 0.219. The molecule has 2 amide bonds. The van der Waals surface area contributed by atoms with Crippen LogP contribution in [0.4, 0.5) is 11.4 Å². The van der Waals surface area contributed by atoms with Crippen molar-refractivity contribution in [1.82, 2.24) is 10.2 Å². The van der Waals surface area contributed by atoms with Crippen molar-refractivity contribution in [2.24, 2.45) is 0 Å². The van der Waals surface area contributed by atoms with E-state index in [1.165, 1.54) is 13.0 Å². The van der Waals surface area contributed by atoms with E-state index in [1.54, 1.807) is 30.5 Å². The number of anilines is 2. The smallest absolute Gasteiger partial charge is 0.257 e. The quantitative estimate of drug-likeness (QED) is 0.688. The zero-order chi connectivity index (χ0) is 16.4. The molecular weight excluding hydrogens is 316 g/mol. The van der Waals surface area contributed by atoms with Crippen molar-refractivity contribution in [3.63, 3.8) is 0 Å². The number of nitrogens with zero attached hydrogens (tertiary/aromatic N) is 1. The van der Waals surface area contributed by atoms with Gasteiger partial charge >= 0.3 is 0 Å². The molecule has 0 fully saturated rings. The van der Waals surface area contributed by atoms with E-state index in [1.807, 2.05) is 6.07 Å². The highest BCUT2D eigenvalue weighted by molar-refractivity contribution is 6.34. The predicted molar refractivity (Wildman–Crippen MR) is 89.8 cm³/mol. The molecule has 3 N–H and O–H groups in total. The Hall–Kier alpha value is -2.86. The molecule has 1 aromatic heterocycles. The van der Waals surface area contributed by atoms with Crippen LogP contribution in [0.15, 0.2) is 42.6 Å². The molecule has 1 heterocycles. The molecule has 0 radical (unpaired) electrons. The molecule has 0 aliphatic heterocycles. The molecule has 0 saturated carbocycles. The highest BCUT2D eigenvalue weighted by Gasteiger charge is 2.12. The van der Waals surface area contributed by atoms with Crippen LogP contribution < -0.4 is 10.6 Å². The number of nitrogens with one attached hydrogen (secondary N) is 3. The highest BCUT2D eigenvalue weighted by atomic mass is 35.5. The second-order valence-electron chi connectivity index (χ2n) is 5.00. The summed E-state index contributed by atoms with van der Waals surface area (Å²) < 4.78 is 0. The fourth-order valence-corrected chi connectivity index (χ4v) is 2.40. The van der Waals surface area contributed by atoms with Crippen LogP contribution >= 0.6 is 11.6 Å². The van der Waals surface area contributed by atoms with E-state index < -0.39 is 0 Å². The normalized spacial score (nSPS) is 10.5. The minimum Gasteiger partial charge on any atom is -0.326 e. The number of fused-ring (bicyclic) bond motifs is 1. The Bertz CT molecular complexity index is 904. The Kier molecular flexibility index (Phi) is 3.99. The lowest BCUT2D eigenvalue weighted by Gasteiger charge is -2.09. The summed E-state index contributed by atoms with van der Waals surface area (Å²) in [5.74, 6) is -0.579. The average Bonchev–Trinajstić information content (AvgIpc) is 2.96. The lowest BCUT2D eigenvalue weighted by molar-refractivity contribution is -0.114. The van der Waals surface area contributed by atoms with Crippen LogP contribution in [0.3, 0.4) is 0 Å². The van der Waals surface area contributed by atoms with Gasteiger partial charge in [0.15, 0.2) is 0 Å². The first-order chi connectivity index (χ1) is 11.0. The summed E-state index contributed by atoms with van der Waals surface area (Å²) in [5, 5.41) is 13.4. The van der Waals surface area contributed by atoms with Gasteiger partial charge in [-0.2, -0.15) is 5.10 Å². The molecule has 3 aromatic rings. The van der Waals surface area contributed by atoms with Gasteiger partial charge in [-0.25, -0.2) is 0 Å². The number of hydrogen-bond acceptors (Lipinski definition) is 3. The third-order valence-electron chi connectivity index (χ3n) is 3.23. The minimum atomic E-state index is -0.360. The summed E-state index contributed by atoms with van der Waals surface area (Å²) in [4.78, 5) is 23.5. The number of carbonyl (C=O) groups is 2. The van der Waals surface area contributed by atoms with E-state index in [4.69, 9.17) is 11.6 Å². The lowest BCUT2D eigenvalue weighted by Crippen LogP contribution is -2.13. The van der Waals surface area contributed by atoms with Crippen LogP contribution in [-0.2, 0) is 4.79 Å². The van der Waals surface area contributed by atoms with Crippen molar-refractivity contribution in [2.75, 3.05) is 10.6 Å². The standard InChI is InChI=1S/C16H13ClN4O2/c1-9(22)19-11-4-5-14(17)13(6-11)16(23)20-12-3-2-10-8-18-21-15(10)7-12/h2-8H,1H3,(H,18,21)(H,19,22)(H,20,23). The molecule has 3 rings (SSSR count). The highest BCUT2D eigenvalue weighted by Crippen LogP contribution is 2.23. The van der Waals surface area contributed by atoms with Gasteiger partial charge in [-0.15, -0.1) is 0 Å². The fraction of sp³-hybridized carbons (Fsp3) is 0.0625.